The fourth-order valence-corrected chi connectivity index (χ4v) is 1.66. The Hall–Kier alpha value is -0.0800. The standard InChI is InChI=1S/C9H20N2/c1-9(7-10)8-11-5-3-2-4-6-11/h9H,2-8,10H2,1H3/t9-/m0/s1. The van der Waals surface area contributed by atoms with Gasteiger partial charge in [-0.25, -0.2) is 0 Å². The molecule has 1 aliphatic heterocycles. The van der Waals surface area contributed by atoms with Gasteiger partial charge >= 0.3 is 0 Å². The molecular formula is C9H20N2. The first-order valence-electron chi connectivity index (χ1n) is 4.75. The quantitative estimate of drug-likeness (QED) is 0.662. The third kappa shape index (κ3) is 3.21. The van der Waals surface area contributed by atoms with Crippen LogP contribution in [0.3, 0.4) is 0 Å². The molecular weight excluding hydrogens is 136 g/mol. The fourth-order valence-electron chi connectivity index (χ4n) is 1.66. The number of nitrogens with zero attached hydrogens (tertiary/aromatic N) is 1. The third-order valence-corrected chi connectivity index (χ3v) is 2.42. The topological polar surface area (TPSA) is 29.3 Å². The summed E-state index contributed by atoms with van der Waals surface area (Å²) in [6.07, 6.45) is 4.20. The van der Waals surface area contributed by atoms with E-state index in [-0.39, 0.29) is 0 Å². The normalized spacial score (nSPS) is 23.5. The second-order valence-electron chi connectivity index (χ2n) is 3.70. The summed E-state index contributed by atoms with van der Waals surface area (Å²) in [6.45, 7) is 6.86. The number of piperidine rings is 1. The highest BCUT2D eigenvalue weighted by Crippen LogP contribution is 2.09. The van der Waals surface area contributed by atoms with Crippen LogP contribution >= 0.6 is 0 Å². The Morgan fingerprint density at radius 2 is 1.91 bits per heavy atom. The van der Waals surface area contributed by atoms with Crippen LogP contribution in [0.4, 0.5) is 0 Å². The van der Waals surface area contributed by atoms with Crippen molar-refractivity contribution in [2.24, 2.45) is 11.7 Å². The summed E-state index contributed by atoms with van der Waals surface area (Å²) in [7, 11) is 0. The van der Waals surface area contributed by atoms with Crippen molar-refractivity contribution in [2.75, 3.05) is 26.2 Å². The van der Waals surface area contributed by atoms with Gasteiger partial charge in [-0.3, -0.25) is 0 Å². The maximum Gasteiger partial charge on any atom is 0.00191 e. The fraction of sp³-hybridized carbons (Fsp3) is 1.00. The predicted molar refractivity (Wildman–Crippen MR) is 48.5 cm³/mol. The molecule has 1 aliphatic rings. The summed E-state index contributed by atoms with van der Waals surface area (Å²) < 4.78 is 0. The van der Waals surface area contributed by atoms with Gasteiger partial charge in [0.05, 0.1) is 0 Å². The molecule has 2 N–H and O–H groups in total. The molecule has 1 fully saturated rings. The van der Waals surface area contributed by atoms with Gasteiger partial charge in [-0.15, -0.1) is 0 Å². The van der Waals surface area contributed by atoms with Crippen molar-refractivity contribution in [1.82, 2.24) is 4.90 Å². The number of hydrogen-bond acceptors (Lipinski definition) is 2. The van der Waals surface area contributed by atoms with Gasteiger partial charge in [0.25, 0.3) is 0 Å². The molecule has 0 aromatic carbocycles. The summed E-state index contributed by atoms with van der Waals surface area (Å²) >= 11 is 0. The van der Waals surface area contributed by atoms with Gasteiger partial charge in [-0.2, -0.15) is 0 Å². The van der Waals surface area contributed by atoms with E-state index in [0.717, 1.165) is 6.54 Å². The van der Waals surface area contributed by atoms with Crippen molar-refractivity contribution in [3.8, 4) is 0 Å². The van der Waals surface area contributed by atoms with Gasteiger partial charge in [0.15, 0.2) is 0 Å². The van der Waals surface area contributed by atoms with Crippen molar-refractivity contribution in [2.45, 2.75) is 26.2 Å². The van der Waals surface area contributed by atoms with Gasteiger partial charge in [-0.05, 0) is 38.4 Å². The number of hydrogen-bond donors (Lipinski definition) is 1. The molecule has 66 valence electrons. The van der Waals surface area contributed by atoms with Crippen molar-refractivity contribution in [1.29, 1.82) is 0 Å². The molecule has 0 spiro atoms. The second kappa shape index (κ2) is 4.73. The predicted octanol–water partition coefficient (Wildman–Crippen LogP) is 1.07. The molecule has 2 nitrogen and oxygen atoms in total. The Bertz CT molecular complexity index is 97.7. The lowest BCUT2D eigenvalue weighted by Crippen LogP contribution is -2.35. The van der Waals surface area contributed by atoms with Crippen LogP contribution in [-0.4, -0.2) is 31.1 Å². The zero-order valence-corrected chi connectivity index (χ0v) is 7.55. The monoisotopic (exact) mass is 156 g/mol. The summed E-state index contributed by atoms with van der Waals surface area (Å²) in [4.78, 5) is 2.54. The Balaban J connectivity index is 2.13. The molecule has 1 atom stereocenters. The van der Waals surface area contributed by atoms with Gasteiger partial charge in [0.2, 0.25) is 0 Å². The van der Waals surface area contributed by atoms with Crippen molar-refractivity contribution < 1.29 is 0 Å². The van der Waals surface area contributed by atoms with Crippen molar-refractivity contribution >= 4 is 0 Å². The lowest BCUT2D eigenvalue weighted by atomic mass is 10.1. The van der Waals surface area contributed by atoms with Crippen molar-refractivity contribution in [3.05, 3.63) is 0 Å². The van der Waals surface area contributed by atoms with Gasteiger partial charge in [-0.1, -0.05) is 13.3 Å². The molecule has 0 aromatic rings. The van der Waals surface area contributed by atoms with Crippen LogP contribution in [0.25, 0.3) is 0 Å². The largest absolute Gasteiger partial charge is 0.330 e. The van der Waals surface area contributed by atoms with E-state index in [2.05, 4.69) is 11.8 Å². The molecule has 1 saturated heterocycles. The minimum absolute atomic E-state index is 0.674. The van der Waals surface area contributed by atoms with E-state index in [4.69, 9.17) is 5.73 Å². The molecule has 1 rings (SSSR count). The van der Waals surface area contributed by atoms with Crippen LogP contribution < -0.4 is 5.73 Å². The Kier molecular flexibility index (Phi) is 3.87. The second-order valence-corrected chi connectivity index (χ2v) is 3.70. The summed E-state index contributed by atoms with van der Waals surface area (Å²) in [6, 6.07) is 0. The Labute approximate surface area is 69.8 Å². The van der Waals surface area contributed by atoms with Gasteiger partial charge < -0.3 is 10.6 Å². The first kappa shape index (κ1) is 9.01. The van der Waals surface area contributed by atoms with E-state index in [0.29, 0.717) is 5.92 Å². The van der Waals surface area contributed by atoms with Crippen molar-refractivity contribution in [3.63, 3.8) is 0 Å². The van der Waals surface area contributed by atoms with E-state index in [1.165, 1.54) is 38.9 Å². The molecule has 11 heavy (non-hydrogen) atoms. The highest BCUT2D eigenvalue weighted by atomic mass is 15.1. The molecule has 1 heterocycles. The highest BCUT2D eigenvalue weighted by molar-refractivity contribution is 4.67. The average molecular weight is 156 g/mol. The molecule has 2 heteroatoms. The molecule has 0 bridgehead atoms. The maximum atomic E-state index is 5.56. The first-order chi connectivity index (χ1) is 5.33. The van der Waals surface area contributed by atoms with Crippen LogP contribution in [0.1, 0.15) is 26.2 Å². The van der Waals surface area contributed by atoms with Crippen LogP contribution in [0.15, 0.2) is 0 Å². The number of likely N-dealkylation sites (tertiary alicyclic amines) is 1. The van der Waals surface area contributed by atoms with E-state index >= 15 is 0 Å². The molecule has 0 aliphatic carbocycles. The van der Waals surface area contributed by atoms with E-state index < -0.39 is 0 Å². The van der Waals surface area contributed by atoms with Crippen LogP contribution in [0.2, 0.25) is 0 Å². The zero-order chi connectivity index (χ0) is 8.10. The van der Waals surface area contributed by atoms with Gasteiger partial charge in [0.1, 0.15) is 0 Å². The Morgan fingerprint density at radius 3 is 2.45 bits per heavy atom. The average Bonchev–Trinajstić information content (AvgIpc) is 2.06. The van der Waals surface area contributed by atoms with Crippen LogP contribution in [-0.2, 0) is 0 Å². The third-order valence-electron chi connectivity index (χ3n) is 2.42. The van der Waals surface area contributed by atoms with E-state index in [9.17, 15) is 0 Å². The molecule has 0 aromatic heterocycles. The SMILES string of the molecule is C[C@@H](CN)CN1CCCCC1. The highest BCUT2D eigenvalue weighted by Gasteiger charge is 2.11. The van der Waals surface area contributed by atoms with Crippen LogP contribution in [0, 0.1) is 5.92 Å². The minimum Gasteiger partial charge on any atom is -0.330 e. The first-order valence-corrected chi connectivity index (χ1v) is 4.75. The summed E-state index contributed by atoms with van der Waals surface area (Å²) in [5.41, 5.74) is 5.56. The molecule has 0 amide bonds. The Morgan fingerprint density at radius 1 is 1.27 bits per heavy atom. The summed E-state index contributed by atoms with van der Waals surface area (Å²) in [5, 5.41) is 0. The summed E-state index contributed by atoms with van der Waals surface area (Å²) in [5.74, 6) is 0.674. The van der Waals surface area contributed by atoms with E-state index in [1.807, 2.05) is 0 Å². The van der Waals surface area contributed by atoms with Gasteiger partial charge in [0, 0.05) is 6.54 Å². The molecule has 0 saturated carbocycles. The maximum absolute atomic E-state index is 5.56. The zero-order valence-electron chi connectivity index (χ0n) is 7.55. The lowest BCUT2D eigenvalue weighted by molar-refractivity contribution is 0.203. The number of nitrogens with two attached hydrogens (primary N) is 1. The molecule has 0 radical (unpaired) electrons. The van der Waals surface area contributed by atoms with E-state index in [1.54, 1.807) is 0 Å². The smallest absolute Gasteiger partial charge is 0.00191 e. The molecule has 0 unspecified atom stereocenters. The lowest BCUT2D eigenvalue weighted by Gasteiger charge is -2.28. The number of rotatable bonds is 3. The van der Waals surface area contributed by atoms with Crippen LogP contribution in [0.5, 0.6) is 0 Å². The minimum atomic E-state index is 0.674.